The first kappa shape index (κ1) is 22.1. The standard InChI is InChI=1S/C23H26N2O6/c1-13-5-7-14(8-6-13)20-16(23(28)31-4)12-17(21(24)26)25(20)22(27)15-9-10-18(29-2)19(11-15)30-3/h5-11,16-17,20H,12H2,1-4H3,(H2,24,26). The Labute approximate surface area is 180 Å². The third-order valence-corrected chi connectivity index (χ3v) is 5.61. The molecule has 2 aromatic carbocycles. The van der Waals surface area contributed by atoms with E-state index in [1.807, 2.05) is 31.2 Å². The Hall–Kier alpha value is -3.55. The minimum atomic E-state index is -0.962. The topological polar surface area (TPSA) is 108 Å². The molecule has 2 aromatic rings. The van der Waals surface area contributed by atoms with Gasteiger partial charge in [-0.3, -0.25) is 14.4 Å². The largest absolute Gasteiger partial charge is 0.493 e. The summed E-state index contributed by atoms with van der Waals surface area (Å²) in [5.41, 5.74) is 7.68. The van der Waals surface area contributed by atoms with E-state index in [4.69, 9.17) is 19.9 Å². The van der Waals surface area contributed by atoms with Gasteiger partial charge in [0.1, 0.15) is 6.04 Å². The monoisotopic (exact) mass is 426 g/mol. The van der Waals surface area contributed by atoms with Crippen molar-refractivity contribution < 1.29 is 28.6 Å². The predicted octanol–water partition coefficient (Wildman–Crippen LogP) is 2.24. The number of rotatable bonds is 6. The van der Waals surface area contributed by atoms with Crippen LogP contribution in [0.3, 0.4) is 0 Å². The van der Waals surface area contributed by atoms with Crippen molar-refractivity contribution >= 4 is 17.8 Å². The van der Waals surface area contributed by atoms with Gasteiger partial charge in [-0.25, -0.2) is 0 Å². The van der Waals surface area contributed by atoms with Crippen LogP contribution >= 0.6 is 0 Å². The van der Waals surface area contributed by atoms with Crippen LogP contribution in [0.15, 0.2) is 42.5 Å². The molecular weight excluding hydrogens is 400 g/mol. The van der Waals surface area contributed by atoms with Gasteiger partial charge in [0.2, 0.25) is 5.91 Å². The Morgan fingerprint density at radius 1 is 0.968 bits per heavy atom. The maximum absolute atomic E-state index is 13.6. The van der Waals surface area contributed by atoms with Crippen LogP contribution in [0.4, 0.5) is 0 Å². The molecule has 1 saturated heterocycles. The van der Waals surface area contributed by atoms with E-state index in [-0.39, 0.29) is 12.0 Å². The van der Waals surface area contributed by atoms with Crippen LogP contribution in [0, 0.1) is 12.8 Å². The fourth-order valence-corrected chi connectivity index (χ4v) is 4.04. The molecule has 1 fully saturated rings. The molecule has 1 heterocycles. The molecule has 8 heteroatoms. The van der Waals surface area contributed by atoms with E-state index in [1.165, 1.54) is 32.3 Å². The summed E-state index contributed by atoms with van der Waals surface area (Å²) in [4.78, 5) is 39.9. The van der Waals surface area contributed by atoms with Crippen molar-refractivity contribution in [1.82, 2.24) is 4.90 Å². The van der Waals surface area contributed by atoms with E-state index < -0.39 is 35.8 Å². The maximum atomic E-state index is 13.6. The van der Waals surface area contributed by atoms with Crippen molar-refractivity contribution in [1.29, 1.82) is 0 Å². The van der Waals surface area contributed by atoms with E-state index in [1.54, 1.807) is 12.1 Å². The number of esters is 1. The Balaban J connectivity index is 2.11. The molecule has 2 N–H and O–H groups in total. The maximum Gasteiger partial charge on any atom is 0.311 e. The molecule has 164 valence electrons. The number of methoxy groups -OCH3 is 3. The summed E-state index contributed by atoms with van der Waals surface area (Å²) >= 11 is 0. The Morgan fingerprint density at radius 2 is 1.61 bits per heavy atom. The van der Waals surface area contributed by atoms with Crippen LogP contribution in [-0.2, 0) is 14.3 Å². The van der Waals surface area contributed by atoms with Crippen LogP contribution in [0.2, 0.25) is 0 Å². The number of carbonyl (C=O) groups excluding carboxylic acids is 3. The summed E-state index contributed by atoms with van der Waals surface area (Å²) in [6, 6.07) is 10.5. The average Bonchev–Trinajstić information content (AvgIpc) is 3.19. The highest BCUT2D eigenvalue weighted by Crippen LogP contribution is 2.43. The summed E-state index contributed by atoms with van der Waals surface area (Å²) in [6.45, 7) is 1.94. The van der Waals surface area contributed by atoms with Gasteiger partial charge in [-0.15, -0.1) is 0 Å². The molecule has 1 aliphatic rings. The van der Waals surface area contributed by atoms with E-state index in [2.05, 4.69) is 0 Å². The highest BCUT2D eigenvalue weighted by Gasteiger charge is 2.50. The number of benzene rings is 2. The Bertz CT molecular complexity index is 988. The quantitative estimate of drug-likeness (QED) is 0.710. The molecule has 0 saturated carbocycles. The SMILES string of the molecule is COC(=O)C1CC(C(N)=O)N(C(=O)c2ccc(OC)c(OC)c2)C1c1ccc(C)cc1. The second-order valence-electron chi connectivity index (χ2n) is 7.42. The molecule has 8 nitrogen and oxygen atoms in total. The fourth-order valence-electron chi connectivity index (χ4n) is 4.04. The molecule has 31 heavy (non-hydrogen) atoms. The Morgan fingerprint density at radius 3 is 2.16 bits per heavy atom. The zero-order valence-corrected chi connectivity index (χ0v) is 18.0. The minimum Gasteiger partial charge on any atom is -0.493 e. The van der Waals surface area contributed by atoms with Crippen molar-refractivity contribution in [3.05, 3.63) is 59.2 Å². The average molecular weight is 426 g/mol. The number of aryl methyl sites for hydroxylation is 1. The lowest BCUT2D eigenvalue weighted by Gasteiger charge is -2.31. The number of hydrogen-bond donors (Lipinski definition) is 1. The third-order valence-electron chi connectivity index (χ3n) is 5.61. The first-order valence-corrected chi connectivity index (χ1v) is 9.80. The van der Waals surface area contributed by atoms with Gasteiger partial charge in [0.25, 0.3) is 5.91 Å². The van der Waals surface area contributed by atoms with Gasteiger partial charge in [0.05, 0.1) is 33.3 Å². The van der Waals surface area contributed by atoms with Crippen LogP contribution in [0.5, 0.6) is 11.5 Å². The van der Waals surface area contributed by atoms with E-state index in [0.29, 0.717) is 11.5 Å². The summed E-state index contributed by atoms with van der Waals surface area (Å²) in [6.07, 6.45) is 0.0829. The highest BCUT2D eigenvalue weighted by atomic mass is 16.5. The van der Waals surface area contributed by atoms with Crippen molar-refractivity contribution in [3.63, 3.8) is 0 Å². The van der Waals surface area contributed by atoms with E-state index in [0.717, 1.165) is 11.1 Å². The molecule has 2 amide bonds. The van der Waals surface area contributed by atoms with Crippen LogP contribution < -0.4 is 15.2 Å². The normalized spacial score (nSPS) is 20.3. The number of nitrogens with two attached hydrogens (primary N) is 1. The number of ether oxygens (including phenoxy) is 3. The van der Waals surface area contributed by atoms with E-state index >= 15 is 0 Å². The number of amides is 2. The predicted molar refractivity (Wildman–Crippen MR) is 113 cm³/mol. The van der Waals surface area contributed by atoms with Crippen molar-refractivity contribution in [2.45, 2.75) is 25.4 Å². The molecule has 0 aliphatic carbocycles. The fraction of sp³-hybridized carbons (Fsp3) is 0.348. The number of hydrogen-bond acceptors (Lipinski definition) is 6. The Kier molecular flexibility index (Phi) is 6.48. The molecule has 0 radical (unpaired) electrons. The molecule has 0 spiro atoms. The smallest absolute Gasteiger partial charge is 0.311 e. The second-order valence-corrected chi connectivity index (χ2v) is 7.42. The van der Waals surface area contributed by atoms with Gasteiger partial charge < -0.3 is 24.8 Å². The third kappa shape index (κ3) is 4.19. The molecule has 0 aromatic heterocycles. The molecule has 1 aliphatic heterocycles. The lowest BCUT2D eigenvalue weighted by atomic mass is 9.92. The zero-order valence-electron chi connectivity index (χ0n) is 18.0. The van der Waals surface area contributed by atoms with Crippen LogP contribution in [0.25, 0.3) is 0 Å². The molecule has 3 unspecified atom stereocenters. The van der Waals surface area contributed by atoms with Crippen LogP contribution in [0.1, 0.15) is 33.9 Å². The molecule has 0 bridgehead atoms. The van der Waals surface area contributed by atoms with E-state index in [9.17, 15) is 14.4 Å². The zero-order chi connectivity index (χ0) is 22.7. The minimum absolute atomic E-state index is 0.0829. The first-order valence-electron chi connectivity index (χ1n) is 9.80. The van der Waals surface area contributed by atoms with Crippen molar-refractivity contribution in [2.75, 3.05) is 21.3 Å². The summed E-state index contributed by atoms with van der Waals surface area (Å²) in [7, 11) is 4.25. The molecule has 3 atom stereocenters. The second kappa shape index (κ2) is 9.07. The van der Waals surface area contributed by atoms with Gasteiger partial charge in [-0.1, -0.05) is 29.8 Å². The van der Waals surface area contributed by atoms with Gasteiger partial charge >= 0.3 is 5.97 Å². The van der Waals surface area contributed by atoms with Crippen molar-refractivity contribution in [2.24, 2.45) is 11.7 Å². The van der Waals surface area contributed by atoms with Gasteiger partial charge in [0, 0.05) is 5.56 Å². The van der Waals surface area contributed by atoms with Gasteiger partial charge in [-0.2, -0.15) is 0 Å². The summed E-state index contributed by atoms with van der Waals surface area (Å²) in [5.74, 6) is -1.51. The highest BCUT2D eigenvalue weighted by molar-refractivity contribution is 5.99. The lowest BCUT2D eigenvalue weighted by molar-refractivity contribution is -0.146. The molecule has 3 rings (SSSR count). The molecular formula is C23H26N2O6. The summed E-state index contributed by atoms with van der Waals surface area (Å²) < 4.78 is 15.5. The first-order chi connectivity index (χ1) is 14.8. The lowest BCUT2D eigenvalue weighted by Crippen LogP contribution is -2.45. The van der Waals surface area contributed by atoms with Crippen LogP contribution in [-0.4, -0.2) is 50.1 Å². The van der Waals surface area contributed by atoms with Gasteiger partial charge in [0.15, 0.2) is 11.5 Å². The summed E-state index contributed by atoms with van der Waals surface area (Å²) in [5, 5.41) is 0. The number of likely N-dealkylation sites (tertiary alicyclic amines) is 1. The van der Waals surface area contributed by atoms with Gasteiger partial charge in [-0.05, 0) is 37.1 Å². The number of nitrogens with zero attached hydrogens (tertiary/aromatic N) is 1. The number of carbonyl (C=O) groups is 3. The number of primary amides is 1. The van der Waals surface area contributed by atoms with Crippen molar-refractivity contribution in [3.8, 4) is 11.5 Å².